The van der Waals surface area contributed by atoms with Crippen LogP contribution in [-0.4, -0.2) is 0 Å². The van der Waals surface area contributed by atoms with Crippen LogP contribution in [0.5, 0.6) is 0 Å². The van der Waals surface area contributed by atoms with Gasteiger partial charge in [-0.3, -0.25) is 0 Å². The summed E-state index contributed by atoms with van der Waals surface area (Å²) in [6.07, 6.45) is 10.7. The largest absolute Gasteiger partial charge is 0.103 e. The van der Waals surface area contributed by atoms with Gasteiger partial charge in [0.25, 0.3) is 0 Å². The summed E-state index contributed by atoms with van der Waals surface area (Å²) in [4.78, 5) is 0. The summed E-state index contributed by atoms with van der Waals surface area (Å²) < 4.78 is 0. The van der Waals surface area contributed by atoms with E-state index in [1.165, 1.54) is 37.7 Å². The van der Waals surface area contributed by atoms with Crippen molar-refractivity contribution in [2.75, 3.05) is 0 Å². The second-order valence-corrected chi connectivity index (χ2v) is 3.50. The van der Waals surface area contributed by atoms with Crippen LogP contribution in [-0.2, 0) is 0 Å². The molecule has 0 aromatic rings. The van der Waals surface area contributed by atoms with Gasteiger partial charge in [-0.15, -0.1) is 6.58 Å². The van der Waals surface area contributed by atoms with Crippen LogP contribution < -0.4 is 0 Å². The van der Waals surface area contributed by atoms with Crippen LogP contribution in [0.25, 0.3) is 0 Å². The smallest absolute Gasteiger partial charge is 0.0353 e. The highest BCUT2D eigenvalue weighted by Crippen LogP contribution is 2.01. The topological polar surface area (TPSA) is 0 Å². The van der Waals surface area contributed by atoms with Gasteiger partial charge in [0.15, 0.2) is 0 Å². The Morgan fingerprint density at radius 3 is 2.00 bits per heavy atom. The van der Waals surface area contributed by atoms with Crippen LogP contribution in [0, 0.1) is 0 Å². The standard InChI is InChI=1S/C8H16.C5H10/c1-3-5-7-8-6-4-2;1-4-5(2)3/h3H,1,4-8H2,2H3;4H,1-3H3. The Labute approximate surface area is 84.7 Å². The summed E-state index contributed by atoms with van der Waals surface area (Å²) in [5.41, 5.74) is 1.38. The SMILES string of the molecule is C=CCCCCCC.CC=C(C)C. The summed E-state index contributed by atoms with van der Waals surface area (Å²) in [5.74, 6) is 0. The molecule has 0 aromatic heterocycles. The summed E-state index contributed by atoms with van der Waals surface area (Å²) >= 11 is 0. The molecule has 0 aromatic carbocycles. The van der Waals surface area contributed by atoms with Crippen molar-refractivity contribution in [1.82, 2.24) is 0 Å². The molecule has 0 N–H and O–H groups in total. The second-order valence-electron chi connectivity index (χ2n) is 3.50. The van der Waals surface area contributed by atoms with Crippen LogP contribution in [0.4, 0.5) is 0 Å². The first-order valence-electron chi connectivity index (χ1n) is 5.39. The van der Waals surface area contributed by atoms with Gasteiger partial charge in [0.2, 0.25) is 0 Å². The Bertz CT molecular complexity index is 116. The van der Waals surface area contributed by atoms with Gasteiger partial charge < -0.3 is 0 Å². The molecule has 0 unspecified atom stereocenters. The minimum atomic E-state index is 1.19. The van der Waals surface area contributed by atoms with E-state index in [2.05, 4.69) is 33.4 Å². The highest BCUT2D eigenvalue weighted by molar-refractivity contribution is 4.88. The molecular formula is C13H26. The Hall–Kier alpha value is -0.520. The molecule has 0 saturated carbocycles. The van der Waals surface area contributed by atoms with E-state index in [0.717, 1.165) is 0 Å². The molecule has 0 nitrogen and oxygen atoms in total. The van der Waals surface area contributed by atoms with Crippen molar-refractivity contribution in [1.29, 1.82) is 0 Å². The highest BCUT2D eigenvalue weighted by atomic mass is 13.9. The summed E-state index contributed by atoms with van der Waals surface area (Å²) in [5, 5.41) is 0. The first-order chi connectivity index (χ1) is 6.18. The van der Waals surface area contributed by atoms with E-state index in [1.54, 1.807) is 0 Å². The van der Waals surface area contributed by atoms with Gasteiger partial charge in [0, 0.05) is 0 Å². The molecule has 0 saturated heterocycles. The Morgan fingerprint density at radius 1 is 1.15 bits per heavy atom. The number of rotatable bonds is 5. The Kier molecular flexibility index (Phi) is 16.2. The van der Waals surface area contributed by atoms with Crippen molar-refractivity contribution in [2.24, 2.45) is 0 Å². The van der Waals surface area contributed by atoms with Crippen LogP contribution in [0.15, 0.2) is 24.3 Å². The third-order valence-electron chi connectivity index (χ3n) is 1.84. The number of allylic oxidation sites excluding steroid dienone is 3. The Morgan fingerprint density at radius 2 is 1.69 bits per heavy atom. The molecule has 78 valence electrons. The molecule has 0 spiro atoms. The van der Waals surface area contributed by atoms with Crippen molar-refractivity contribution in [3.05, 3.63) is 24.3 Å². The first kappa shape index (κ1) is 15.0. The van der Waals surface area contributed by atoms with E-state index in [4.69, 9.17) is 0 Å². The van der Waals surface area contributed by atoms with Crippen molar-refractivity contribution >= 4 is 0 Å². The number of hydrogen-bond donors (Lipinski definition) is 0. The van der Waals surface area contributed by atoms with E-state index in [1.807, 2.05) is 13.0 Å². The zero-order chi connectivity index (χ0) is 10.5. The normalized spacial score (nSPS) is 8.31. The summed E-state index contributed by atoms with van der Waals surface area (Å²) in [6.45, 7) is 12.1. The van der Waals surface area contributed by atoms with Gasteiger partial charge in [-0.25, -0.2) is 0 Å². The average Bonchev–Trinajstić information content (AvgIpc) is 2.14. The minimum Gasteiger partial charge on any atom is -0.103 e. The van der Waals surface area contributed by atoms with Crippen LogP contribution >= 0.6 is 0 Å². The minimum absolute atomic E-state index is 1.19. The molecule has 0 rings (SSSR count). The molecular weight excluding hydrogens is 156 g/mol. The maximum Gasteiger partial charge on any atom is -0.0353 e. The van der Waals surface area contributed by atoms with E-state index < -0.39 is 0 Å². The van der Waals surface area contributed by atoms with Gasteiger partial charge in [-0.2, -0.15) is 0 Å². The van der Waals surface area contributed by atoms with E-state index in [0.29, 0.717) is 0 Å². The van der Waals surface area contributed by atoms with Crippen molar-refractivity contribution in [3.63, 3.8) is 0 Å². The summed E-state index contributed by atoms with van der Waals surface area (Å²) in [6, 6.07) is 0. The maximum atomic E-state index is 3.66. The fourth-order valence-electron chi connectivity index (χ4n) is 0.715. The molecule has 0 amide bonds. The first-order valence-corrected chi connectivity index (χ1v) is 5.39. The zero-order valence-electron chi connectivity index (χ0n) is 9.90. The van der Waals surface area contributed by atoms with Gasteiger partial charge in [0.05, 0.1) is 0 Å². The molecule has 0 atom stereocenters. The second kappa shape index (κ2) is 14.0. The van der Waals surface area contributed by atoms with Crippen LogP contribution in [0.1, 0.15) is 59.8 Å². The van der Waals surface area contributed by atoms with E-state index >= 15 is 0 Å². The van der Waals surface area contributed by atoms with E-state index in [9.17, 15) is 0 Å². The number of unbranched alkanes of at least 4 members (excludes halogenated alkanes) is 4. The van der Waals surface area contributed by atoms with Gasteiger partial charge in [-0.05, 0) is 33.6 Å². The Balaban J connectivity index is 0. The highest BCUT2D eigenvalue weighted by Gasteiger charge is 1.81. The number of hydrogen-bond acceptors (Lipinski definition) is 0. The van der Waals surface area contributed by atoms with Gasteiger partial charge in [-0.1, -0.05) is 43.9 Å². The van der Waals surface area contributed by atoms with Crippen molar-refractivity contribution < 1.29 is 0 Å². The third kappa shape index (κ3) is 24.6. The van der Waals surface area contributed by atoms with Gasteiger partial charge >= 0.3 is 0 Å². The predicted octanol–water partition coefficient (Wildman–Crippen LogP) is 5.12. The molecule has 13 heavy (non-hydrogen) atoms. The fraction of sp³-hybridized carbons (Fsp3) is 0.692. The fourth-order valence-corrected chi connectivity index (χ4v) is 0.715. The molecule has 0 aliphatic heterocycles. The lowest BCUT2D eigenvalue weighted by molar-refractivity contribution is 0.675. The lowest BCUT2D eigenvalue weighted by Gasteiger charge is -1.91. The summed E-state index contributed by atoms with van der Waals surface area (Å²) in [7, 11) is 0. The maximum absolute atomic E-state index is 3.66. The van der Waals surface area contributed by atoms with Crippen LogP contribution in [0.2, 0.25) is 0 Å². The lowest BCUT2D eigenvalue weighted by Crippen LogP contribution is -1.71. The average molecular weight is 182 g/mol. The van der Waals surface area contributed by atoms with Crippen LogP contribution in [0.3, 0.4) is 0 Å². The monoisotopic (exact) mass is 182 g/mol. The predicted molar refractivity (Wildman–Crippen MR) is 64.1 cm³/mol. The quantitative estimate of drug-likeness (QED) is 0.409. The molecule has 0 aliphatic carbocycles. The van der Waals surface area contributed by atoms with Crippen molar-refractivity contribution in [2.45, 2.75) is 59.8 Å². The van der Waals surface area contributed by atoms with Crippen molar-refractivity contribution in [3.8, 4) is 0 Å². The molecule has 0 heteroatoms. The molecule has 0 bridgehead atoms. The molecule has 0 fully saturated rings. The third-order valence-corrected chi connectivity index (χ3v) is 1.84. The van der Waals surface area contributed by atoms with E-state index in [-0.39, 0.29) is 0 Å². The molecule has 0 radical (unpaired) electrons. The van der Waals surface area contributed by atoms with Gasteiger partial charge in [0.1, 0.15) is 0 Å². The molecule has 0 heterocycles. The zero-order valence-corrected chi connectivity index (χ0v) is 9.90. The lowest BCUT2D eigenvalue weighted by atomic mass is 10.2. The molecule has 0 aliphatic rings.